The van der Waals surface area contributed by atoms with Crippen LogP contribution in [-0.2, 0) is 4.79 Å². The van der Waals surface area contributed by atoms with Gasteiger partial charge in [-0.05, 0) is 43.9 Å². The Morgan fingerprint density at radius 1 is 1.27 bits per heavy atom. The minimum Gasteiger partial charge on any atom is -0.357 e. The topological polar surface area (TPSA) is 66.9 Å². The molecular weight excluding hydrogens is 388 g/mol. The van der Waals surface area contributed by atoms with Gasteiger partial charge < -0.3 is 10.6 Å². The fourth-order valence-electron chi connectivity index (χ4n) is 3.12. The van der Waals surface area contributed by atoms with Crippen LogP contribution in [-0.4, -0.2) is 27.9 Å². The molecule has 3 rings (SSSR count). The molecule has 1 aliphatic rings. The Morgan fingerprint density at radius 2 is 2.04 bits per heavy atom. The second-order valence-corrected chi connectivity index (χ2v) is 9.24. The summed E-state index contributed by atoms with van der Waals surface area (Å²) >= 11 is 9.14. The van der Waals surface area contributed by atoms with Crippen LogP contribution in [0.1, 0.15) is 43.2 Å². The van der Waals surface area contributed by atoms with Crippen molar-refractivity contribution in [1.82, 2.24) is 10.2 Å². The van der Waals surface area contributed by atoms with Gasteiger partial charge in [-0.3, -0.25) is 4.79 Å². The molecule has 1 heterocycles. The smallest absolute Gasteiger partial charge is 0.234 e. The molecule has 1 aromatic heterocycles. The summed E-state index contributed by atoms with van der Waals surface area (Å²) in [4.78, 5) is 12.2. The van der Waals surface area contributed by atoms with Crippen molar-refractivity contribution in [2.75, 3.05) is 16.4 Å². The van der Waals surface area contributed by atoms with Gasteiger partial charge in [0, 0.05) is 6.04 Å². The van der Waals surface area contributed by atoms with Crippen LogP contribution >= 0.6 is 34.7 Å². The van der Waals surface area contributed by atoms with E-state index in [2.05, 4.69) is 20.8 Å². The molecule has 2 N–H and O–H groups in total. The molecule has 0 atom stereocenters. The van der Waals surface area contributed by atoms with Gasteiger partial charge in [-0.2, -0.15) is 0 Å². The van der Waals surface area contributed by atoms with Gasteiger partial charge in [0.25, 0.3) is 0 Å². The lowest BCUT2D eigenvalue weighted by atomic mass is 9.96. The van der Waals surface area contributed by atoms with Crippen LogP contribution in [0.2, 0.25) is 5.02 Å². The number of halogens is 1. The van der Waals surface area contributed by atoms with E-state index in [1.165, 1.54) is 55.2 Å². The maximum atomic E-state index is 12.2. The molecule has 0 bridgehead atoms. The van der Waals surface area contributed by atoms with Crippen LogP contribution in [0, 0.1) is 13.8 Å². The molecule has 2 aromatic rings. The third kappa shape index (κ3) is 5.34. The van der Waals surface area contributed by atoms with Crippen LogP contribution in [0.4, 0.5) is 10.8 Å². The summed E-state index contributed by atoms with van der Waals surface area (Å²) in [6.07, 6.45) is 6.27. The third-order valence-electron chi connectivity index (χ3n) is 4.36. The number of amides is 1. The van der Waals surface area contributed by atoms with Crippen molar-refractivity contribution in [3.8, 4) is 0 Å². The van der Waals surface area contributed by atoms with Crippen molar-refractivity contribution in [3.63, 3.8) is 0 Å². The molecule has 0 saturated heterocycles. The summed E-state index contributed by atoms with van der Waals surface area (Å²) in [5.41, 5.74) is 2.72. The molecule has 140 valence electrons. The normalized spacial score (nSPS) is 15.0. The fraction of sp³-hybridized carbons (Fsp3) is 0.500. The van der Waals surface area contributed by atoms with E-state index in [4.69, 9.17) is 11.6 Å². The predicted molar refractivity (Wildman–Crippen MR) is 111 cm³/mol. The number of hydrogen-bond acceptors (Lipinski definition) is 6. The van der Waals surface area contributed by atoms with E-state index < -0.39 is 0 Å². The van der Waals surface area contributed by atoms with Gasteiger partial charge >= 0.3 is 0 Å². The van der Waals surface area contributed by atoms with Gasteiger partial charge in [0.2, 0.25) is 11.0 Å². The molecule has 0 aliphatic heterocycles. The summed E-state index contributed by atoms with van der Waals surface area (Å²) in [7, 11) is 0. The molecule has 1 aromatic carbocycles. The maximum Gasteiger partial charge on any atom is 0.234 e. The fourth-order valence-corrected chi connectivity index (χ4v) is 5.12. The number of aromatic nitrogens is 2. The second-order valence-electron chi connectivity index (χ2n) is 6.63. The van der Waals surface area contributed by atoms with Gasteiger partial charge in [-0.15, -0.1) is 10.2 Å². The van der Waals surface area contributed by atoms with Crippen LogP contribution in [0.3, 0.4) is 0 Å². The van der Waals surface area contributed by atoms with Crippen molar-refractivity contribution < 1.29 is 4.79 Å². The number of benzene rings is 1. The van der Waals surface area contributed by atoms with Gasteiger partial charge in [0.1, 0.15) is 0 Å². The monoisotopic (exact) mass is 410 g/mol. The average molecular weight is 411 g/mol. The number of rotatable bonds is 6. The Bertz CT molecular complexity index is 751. The number of carbonyl (C=O) groups is 1. The van der Waals surface area contributed by atoms with Crippen molar-refractivity contribution in [3.05, 3.63) is 28.3 Å². The summed E-state index contributed by atoms with van der Waals surface area (Å²) in [6.45, 7) is 3.92. The van der Waals surface area contributed by atoms with E-state index in [0.29, 0.717) is 16.8 Å². The highest BCUT2D eigenvalue weighted by Gasteiger charge is 2.16. The largest absolute Gasteiger partial charge is 0.357 e. The van der Waals surface area contributed by atoms with Crippen LogP contribution < -0.4 is 10.6 Å². The number of hydrogen-bond donors (Lipinski definition) is 2. The molecule has 0 radical (unpaired) electrons. The van der Waals surface area contributed by atoms with E-state index in [-0.39, 0.29) is 11.7 Å². The summed E-state index contributed by atoms with van der Waals surface area (Å²) < 4.78 is 0.796. The SMILES string of the molecule is Cc1cc(C)c(NC(=O)CSc2nnc(NC3CCCCC3)s2)c(Cl)c1. The zero-order chi connectivity index (χ0) is 18.5. The number of thioether (sulfide) groups is 1. The summed E-state index contributed by atoms with van der Waals surface area (Å²) in [5, 5.41) is 16.1. The number of nitrogens with zero attached hydrogens (tertiary/aromatic N) is 2. The first-order valence-electron chi connectivity index (χ1n) is 8.80. The van der Waals surface area contributed by atoms with Crippen molar-refractivity contribution in [1.29, 1.82) is 0 Å². The number of anilines is 2. The minimum absolute atomic E-state index is 0.0964. The van der Waals surface area contributed by atoms with Gasteiger partial charge in [0.15, 0.2) is 4.34 Å². The Labute approximate surface area is 167 Å². The van der Waals surface area contributed by atoms with E-state index in [0.717, 1.165) is 20.6 Å². The standard InChI is InChI=1S/C18H23ClN4OS2/c1-11-8-12(2)16(14(19)9-11)21-15(24)10-25-18-23-22-17(26-18)20-13-6-4-3-5-7-13/h8-9,13H,3-7,10H2,1-2H3,(H,20,22)(H,21,24). The third-order valence-corrected chi connectivity index (χ3v) is 6.65. The highest BCUT2D eigenvalue weighted by Crippen LogP contribution is 2.30. The maximum absolute atomic E-state index is 12.2. The molecule has 26 heavy (non-hydrogen) atoms. The molecule has 1 amide bonds. The lowest BCUT2D eigenvalue weighted by Gasteiger charge is -2.21. The zero-order valence-corrected chi connectivity index (χ0v) is 17.4. The Hall–Kier alpha value is -1.31. The quantitative estimate of drug-likeness (QED) is 0.634. The first kappa shape index (κ1) is 19.5. The first-order valence-corrected chi connectivity index (χ1v) is 11.0. The van der Waals surface area contributed by atoms with Crippen molar-refractivity contribution in [2.45, 2.75) is 56.3 Å². The van der Waals surface area contributed by atoms with Crippen LogP contribution in [0.5, 0.6) is 0 Å². The molecular formula is C18H23ClN4OS2. The lowest BCUT2D eigenvalue weighted by molar-refractivity contribution is -0.113. The zero-order valence-electron chi connectivity index (χ0n) is 15.0. The molecule has 1 aliphatic carbocycles. The summed E-state index contributed by atoms with van der Waals surface area (Å²) in [6, 6.07) is 4.36. The van der Waals surface area contributed by atoms with Crippen LogP contribution in [0.15, 0.2) is 16.5 Å². The molecule has 5 nitrogen and oxygen atoms in total. The molecule has 8 heteroatoms. The highest BCUT2D eigenvalue weighted by molar-refractivity contribution is 8.01. The summed E-state index contributed by atoms with van der Waals surface area (Å²) in [5.74, 6) is 0.183. The molecule has 0 unspecified atom stereocenters. The molecule has 0 spiro atoms. The first-order chi connectivity index (χ1) is 12.5. The highest BCUT2D eigenvalue weighted by atomic mass is 35.5. The Kier molecular flexibility index (Phi) is 6.78. The average Bonchev–Trinajstić information content (AvgIpc) is 3.04. The van der Waals surface area contributed by atoms with Crippen LogP contribution in [0.25, 0.3) is 0 Å². The molecule has 1 fully saturated rings. The van der Waals surface area contributed by atoms with Gasteiger partial charge in [0.05, 0.1) is 16.5 Å². The Morgan fingerprint density at radius 3 is 2.77 bits per heavy atom. The van der Waals surface area contributed by atoms with Gasteiger partial charge in [-0.1, -0.05) is 60.0 Å². The predicted octanol–water partition coefficient (Wildman–Crippen LogP) is 5.28. The van der Waals surface area contributed by atoms with E-state index in [9.17, 15) is 4.79 Å². The number of carbonyl (C=O) groups excluding carboxylic acids is 1. The van der Waals surface area contributed by atoms with E-state index in [1.807, 2.05) is 26.0 Å². The second kappa shape index (κ2) is 9.06. The minimum atomic E-state index is -0.0964. The van der Waals surface area contributed by atoms with Crippen molar-refractivity contribution in [2.24, 2.45) is 0 Å². The number of nitrogens with one attached hydrogen (secondary N) is 2. The lowest BCUT2D eigenvalue weighted by Crippen LogP contribution is -2.21. The van der Waals surface area contributed by atoms with Crippen molar-refractivity contribution >= 4 is 51.4 Å². The van der Waals surface area contributed by atoms with Gasteiger partial charge in [-0.25, -0.2) is 0 Å². The molecule has 1 saturated carbocycles. The van der Waals surface area contributed by atoms with E-state index in [1.54, 1.807) is 0 Å². The van der Waals surface area contributed by atoms with E-state index >= 15 is 0 Å². The Balaban J connectivity index is 1.50. The number of aryl methyl sites for hydroxylation is 2.